The van der Waals surface area contributed by atoms with E-state index in [4.69, 9.17) is 4.74 Å². The summed E-state index contributed by atoms with van der Waals surface area (Å²) in [7, 11) is 1.86. The van der Waals surface area contributed by atoms with Crippen molar-refractivity contribution in [3.63, 3.8) is 0 Å². The Kier molecular flexibility index (Phi) is 5.41. The molecule has 0 saturated carbocycles. The smallest absolute Gasteiger partial charge is 0.251 e. The number of rotatable bonds is 4. The van der Waals surface area contributed by atoms with Crippen molar-refractivity contribution in [2.75, 3.05) is 20.1 Å². The molecule has 4 nitrogen and oxygen atoms in total. The number of ether oxygens (including phenoxy) is 1. The summed E-state index contributed by atoms with van der Waals surface area (Å²) >= 11 is 0. The molecule has 0 bridgehead atoms. The van der Waals surface area contributed by atoms with Crippen LogP contribution >= 0.6 is 12.4 Å². The molecule has 1 aliphatic heterocycles. The average Bonchev–Trinajstić information content (AvgIpc) is 2.76. The highest BCUT2D eigenvalue weighted by Crippen LogP contribution is 2.20. The van der Waals surface area contributed by atoms with Crippen molar-refractivity contribution < 1.29 is 9.53 Å². The van der Waals surface area contributed by atoms with E-state index in [-0.39, 0.29) is 18.3 Å². The highest BCUT2D eigenvalue weighted by Gasteiger charge is 2.13. The number of fused-ring (bicyclic) bond motifs is 1. The van der Waals surface area contributed by atoms with Gasteiger partial charge in [-0.25, -0.2) is 0 Å². The van der Waals surface area contributed by atoms with Gasteiger partial charge in [-0.3, -0.25) is 4.79 Å². The standard InChI is InChI=1S/C12H16N2O2.ClH/c1-13-4-5-14-12(15)9-2-3-10-7-16-8-11(10)6-9;/h2-3,6,13H,4-5,7-8H2,1H3,(H,14,15);1H. The minimum absolute atomic E-state index is 0. The molecule has 5 heteroatoms. The van der Waals surface area contributed by atoms with E-state index in [0.717, 1.165) is 12.1 Å². The van der Waals surface area contributed by atoms with Crippen molar-refractivity contribution in [1.29, 1.82) is 0 Å². The van der Waals surface area contributed by atoms with Crippen LogP contribution in [0.3, 0.4) is 0 Å². The van der Waals surface area contributed by atoms with Crippen LogP contribution in [0.15, 0.2) is 18.2 Å². The Morgan fingerprint density at radius 2 is 2.06 bits per heavy atom. The third-order valence-electron chi connectivity index (χ3n) is 2.64. The number of amides is 1. The molecule has 0 unspecified atom stereocenters. The lowest BCUT2D eigenvalue weighted by Gasteiger charge is -2.05. The van der Waals surface area contributed by atoms with Gasteiger partial charge < -0.3 is 15.4 Å². The fraction of sp³-hybridized carbons (Fsp3) is 0.417. The van der Waals surface area contributed by atoms with E-state index >= 15 is 0 Å². The van der Waals surface area contributed by atoms with Crippen LogP contribution < -0.4 is 10.6 Å². The van der Waals surface area contributed by atoms with Crippen LogP contribution in [0.4, 0.5) is 0 Å². The van der Waals surface area contributed by atoms with Gasteiger partial charge in [-0.05, 0) is 30.3 Å². The molecule has 1 aliphatic rings. The zero-order valence-corrected chi connectivity index (χ0v) is 10.6. The number of likely N-dealkylation sites (N-methyl/N-ethyl adjacent to an activating group) is 1. The highest BCUT2D eigenvalue weighted by atomic mass is 35.5. The number of hydrogen-bond donors (Lipinski definition) is 2. The third kappa shape index (κ3) is 3.43. The van der Waals surface area contributed by atoms with Crippen LogP contribution in [0.2, 0.25) is 0 Å². The Morgan fingerprint density at radius 1 is 1.29 bits per heavy atom. The number of hydrogen-bond acceptors (Lipinski definition) is 3. The van der Waals surface area contributed by atoms with Crippen LogP contribution in [-0.4, -0.2) is 26.0 Å². The first-order chi connectivity index (χ1) is 7.81. The normalized spacial score (nSPS) is 12.8. The van der Waals surface area contributed by atoms with Crippen molar-refractivity contribution in [3.05, 3.63) is 34.9 Å². The first-order valence-electron chi connectivity index (χ1n) is 5.43. The lowest BCUT2D eigenvalue weighted by atomic mass is 10.1. The molecule has 0 atom stereocenters. The lowest BCUT2D eigenvalue weighted by molar-refractivity contribution is 0.0954. The summed E-state index contributed by atoms with van der Waals surface area (Å²) in [6, 6.07) is 5.73. The summed E-state index contributed by atoms with van der Waals surface area (Å²) in [6.45, 7) is 2.70. The molecule has 1 aromatic rings. The van der Waals surface area contributed by atoms with Gasteiger partial charge in [0.05, 0.1) is 13.2 Å². The second-order valence-corrected chi connectivity index (χ2v) is 3.84. The summed E-state index contributed by atoms with van der Waals surface area (Å²) in [5.41, 5.74) is 3.02. The SMILES string of the molecule is CNCCNC(=O)c1ccc2c(c1)COC2.Cl. The molecule has 1 aromatic carbocycles. The summed E-state index contributed by atoms with van der Waals surface area (Å²) in [5.74, 6) is -0.0232. The van der Waals surface area contributed by atoms with Crippen molar-refractivity contribution in [3.8, 4) is 0 Å². The topological polar surface area (TPSA) is 50.4 Å². The Labute approximate surface area is 107 Å². The predicted octanol–water partition coefficient (Wildman–Crippen LogP) is 1.09. The van der Waals surface area contributed by atoms with Crippen LogP contribution in [-0.2, 0) is 18.0 Å². The minimum Gasteiger partial charge on any atom is -0.372 e. The molecule has 0 fully saturated rings. The van der Waals surface area contributed by atoms with Gasteiger partial charge in [0, 0.05) is 18.7 Å². The van der Waals surface area contributed by atoms with Gasteiger partial charge in [-0.1, -0.05) is 6.07 Å². The molecule has 1 heterocycles. The van der Waals surface area contributed by atoms with Gasteiger partial charge in [-0.2, -0.15) is 0 Å². The van der Waals surface area contributed by atoms with Crippen LogP contribution in [0, 0.1) is 0 Å². The van der Waals surface area contributed by atoms with Gasteiger partial charge in [0.25, 0.3) is 5.91 Å². The van der Waals surface area contributed by atoms with Crippen molar-refractivity contribution >= 4 is 18.3 Å². The molecule has 0 aliphatic carbocycles. The van der Waals surface area contributed by atoms with Gasteiger partial charge in [-0.15, -0.1) is 12.4 Å². The van der Waals surface area contributed by atoms with Gasteiger partial charge in [0.2, 0.25) is 0 Å². The summed E-state index contributed by atoms with van der Waals surface area (Å²) < 4.78 is 5.31. The lowest BCUT2D eigenvalue weighted by Crippen LogP contribution is -2.30. The minimum atomic E-state index is -0.0232. The van der Waals surface area contributed by atoms with E-state index in [2.05, 4.69) is 10.6 Å². The monoisotopic (exact) mass is 256 g/mol. The Morgan fingerprint density at radius 3 is 2.82 bits per heavy atom. The predicted molar refractivity (Wildman–Crippen MR) is 68.4 cm³/mol. The largest absolute Gasteiger partial charge is 0.372 e. The van der Waals surface area contributed by atoms with E-state index in [1.165, 1.54) is 5.56 Å². The molecule has 0 radical (unpaired) electrons. The fourth-order valence-corrected chi connectivity index (χ4v) is 1.72. The molecule has 2 rings (SSSR count). The summed E-state index contributed by atoms with van der Waals surface area (Å²) in [5, 5.41) is 5.83. The molecule has 94 valence electrons. The molecule has 0 saturated heterocycles. The van der Waals surface area contributed by atoms with E-state index in [9.17, 15) is 4.79 Å². The number of halogens is 1. The summed E-state index contributed by atoms with van der Waals surface area (Å²) in [4.78, 5) is 11.7. The van der Waals surface area contributed by atoms with E-state index in [1.807, 2.05) is 25.2 Å². The molecule has 17 heavy (non-hydrogen) atoms. The zero-order chi connectivity index (χ0) is 11.4. The molecular formula is C12H17ClN2O2. The van der Waals surface area contributed by atoms with Gasteiger partial charge >= 0.3 is 0 Å². The van der Waals surface area contributed by atoms with Crippen LogP contribution in [0.5, 0.6) is 0 Å². The second kappa shape index (κ2) is 6.59. The van der Waals surface area contributed by atoms with E-state index in [0.29, 0.717) is 25.3 Å². The third-order valence-corrected chi connectivity index (χ3v) is 2.64. The Hall–Kier alpha value is -1.10. The van der Waals surface area contributed by atoms with Gasteiger partial charge in [0.15, 0.2) is 0 Å². The van der Waals surface area contributed by atoms with Gasteiger partial charge in [0.1, 0.15) is 0 Å². The number of carbonyl (C=O) groups is 1. The average molecular weight is 257 g/mol. The number of nitrogens with one attached hydrogen (secondary N) is 2. The first-order valence-corrected chi connectivity index (χ1v) is 5.43. The van der Waals surface area contributed by atoms with Crippen molar-refractivity contribution in [2.45, 2.75) is 13.2 Å². The van der Waals surface area contributed by atoms with Crippen LogP contribution in [0.25, 0.3) is 0 Å². The second-order valence-electron chi connectivity index (χ2n) is 3.84. The molecule has 0 aromatic heterocycles. The number of benzene rings is 1. The quantitative estimate of drug-likeness (QED) is 0.793. The van der Waals surface area contributed by atoms with Crippen molar-refractivity contribution in [1.82, 2.24) is 10.6 Å². The Bertz CT molecular complexity index is 396. The molecule has 2 N–H and O–H groups in total. The number of carbonyl (C=O) groups excluding carboxylic acids is 1. The first kappa shape index (κ1) is 14.0. The maximum absolute atomic E-state index is 11.7. The fourth-order valence-electron chi connectivity index (χ4n) is 1.72. The Balaban J connectivity index is 0.00000144. The molecule has 0 spiro atoms. The molecule has 1 amide bonds. The van der Waals surface area contributed by atoms with E-state index in [1.54, 1.807) is 0 Å². The van der Waals surface area contributed by atoms with Crippen molar-refractivity contribution in [2.24, 2.45) is 0 Å². The maximum Gasteiger partial charge on any atom is 0.251 e. The van der Waals surface area contributed by atoms with Crippen LogP contribution in [0.1, 0.15) is 21.5 Å². The summed E-state index contributed by atoms with van der Waals surface area (Å²) in [6.07, 6.45) is 0. The maximum atomic E-state index is 11.7. The van der Waals surface area contributed by atoms with E-state index < -0.39 is 0 Å². The highest BCUT2D eigenvalue weighted by molar-refractivity contribution is 5.94. The zero-order valence-electron chi connectivity index (χ0n) is 9.79. The molecular weight excluding hydrogens is 240 g/mol.